The number of pyridine rings is 1. The lowest BCUT2D eigenvalue weighted by molar-refractivity contribution is -0.140. The van der Waals surface area contributed by atoms with Gasteiger partial charge in [-0.2, -0.15) is 13.2 Å². The number of fused-ring (bicyclic) bond motifs is 1. The summed E-state index contributed by atoms with van der Waals surface area (Å²) in [5, 5.41) is 3.43. The lowest BCUT2D eigenvalue weighted by Gasteiger charge is -2.37. The zero-order valence-corrected chi connectivity index (χ0v) is 17.8. The Hall–Kier alpha value is -3.23. The molecule has 1 fully saturated rings. The van der Waals surface area contributed by atoms with Gasteiger partial charge in [0.1, 0.15) is 17.3 Å². The largest absolute Gasteiger partial charge is 0.433 e. The van der Waals surface area contributed by atoms with Crippen LogP contribution in [0.25, 0.3) is 10.9 Å². The van der Waals surface area contributed by atoms with Crippen LogP contribution in [0.3, 0.4) is 0 Å². The molecule has 174 valence electrons. The Bertz CT molecular complexity index is 1150. The Morgan fingerprint density at radius 2 is 1.64 bits per heavy atom. The highest BCUT2D eigenvalue weighted by Gasteiger charge is 2.34. The topological polar surface area (TPSA) is 45.2 Å². The normalized spacial score (nSPS) is 18.8. The maximum absolute atomic E-state index is 13.4. The van der Waals surface area contributed by atoms with Gasteiger partial charge in [0, 0.05) is 41.8 Å². The fourth-order valence-corrected chi connectivity index (χ4v) is 4.35. The molecule has 0 saturated heterocycles. The molecule has 1 saturated carbocycles. The van der Waals surface area contributed by atoms with Gasteiger partial charge in [0.15, 0.2) is 0 Å². The Labute approximate surface area is 187 Å². The summed E-state index contributed by atoms with van der Waals surface area (Å²) in [6, 6.07) is 10.2. The van der Waals surface area contributed by atoms with Gasteiger partial charge in [0.2, 0.25) is 0 Å². The summed E-state index contributed by atoms with van der Waals surface area (Å²) in [5.41, 5.74) is -0.297. The quantitative estimate of drug-likeness (QED) is 0.504. The zero-order valence-electron chi connectivity index (χ0n) is 17.8. The summed E-state index contributed by atoms with van der Waals surface area (Å²) in [4.78, 5) is 18.0. The van der Waals surface area contributed by atoms with Crippen molar-refractivity contribution in [1.82, 2.24) is 10.3 Å². The van der Waals surface area contributed by atoms with Crippen LogP contribution in [-0.4, -0.2) is 30.0 Å². The van der Waals surface area contributed by atoms with Crippen LogP contribution in [0.5, 0.6) is 0 Å². The van der Waals surface area contributed by atoms with Crippen LogP contribution >= 0.6 is 0 Å². The molecule has 3 aromatic rings. The summed E-state index contributed by atoms with van der Waals surface area (Å²) in [6.45, 7) is 0. The SMILES string of the molecule is CN(c1cc(C(F)(F)F)nc2ccccc12)C1CCC(NC(=O)c2cc(F)cc(F)c2)CC1. The molecular weight excluding hydrogens is 441 g/mol. The first-order valence-corrected chi connectivity index (χ1v) is 10.6. The van der Waals surface area contributed by atoms with Crippen molar-refractivity contribution in [3.05, 3.63) is 71.4 Å². The zero-order chi connectivity index (χ0) is 23.8. The molecule has 1 heterocycles. The van der Waals surface area contributed by atoms with Gasteiger partial charge in [-0.25, -0.2) is 13.8 Å². The number of rotatable bonds is 4. The van der Waals surface area contributed by atoms with Crippen LogP contribution in [-0.2, 0) is 6.18 Å². The fourth-order valence-electron chi connectivity index (χ4n) is 4.35. The number of aromatic nitrogens is 1. The third-order valence-electron chi connectivity index (χ3n) is 6.07. The van der Waals surface area contributed by atoms with Crippen molar-refractivity contribution in [2.24, 2.45) is 0 Å². The van der Waals surface area contributed by atoms with Crippen molar-refractivity contribution in [2.45, 2.75) is 43.9 Å². The van der Waals surface area contributed by atoms with Crippen molar-refractivity contribution < 1.29 is 26.7 Å². The number of carbonyl (C=O) groups excluding carboxylic acids is 1. The van der Waals surface area contributed by atoms with Gasteiger partial charge in [-0.15, -0.1) is 0 Å². The van der Waals surface area contributed by atoms with Crippen LogP contribution in [0, 0.1) is 11.6 Å². The molecule has 2 aromatic carbocycles. The second kappa shape index (κ2) is 8.96. The number of hydrogen-bond donors (Lipinski definition) is 1. The molecule has 1 N–H and O–H groups in total. The average Bonchev–Trinajstić information content (AvgIpc) is 2.77. The molecule has 33 heavy (non-hydrogen) atoms. The number of hydrogen-bond acceptors (Lipinski definition) is 3. The maximum atomic E-state index is 13.4. The number of para-hydroxylation sites is 1. The first-order valence-electron chi connectivity index (χ1n) is 10.6. The van der Waals surface area contributed by atoms with E-state index in [9.17, 15) is 26.7 Å². The van der Waals surface area contributed by atoms with Gasteiger partial charge < -0.3 is 10.2 Å². The molecule has 4 rings (SSSR count). The molecule has 0 aliphatic heterocycles. The van der Waals surface area contributed by atoms with Crippen LogP contribution in [0.4, 0.5) is 27.6 Å². The number of nitrogens with one attached hydrogen (secondary N) is 1. The molecule has 1 aliphatic carbocycles. The van der Waals surface area contributed by atoms with E-state index in [1.165, 1.54) is 0 Å². The van der Waals surface area contributed by atoms with Crippen LogP contribution in [0.15, 0.2) is 48.5 Å². The molecule has 1 aliphatic rings. The van der Waals surface area contributed by atoms with Crippen molar-refractivity contribution in [3.63, 3.8) is 0 Å². The van der Waals surface area contributed by atoms with Crippen LogP contribution in [0.1, 0.15) is 41.7 Å². The van der Waals surface area contributed by atoms with Crippen molar-refractivity contribution in [1.29, 1.82) is 0 Å². The summed E-state index contributed by atoms with van der Waals surface area (Å²) in [6.07, 6.45) is -2.10. The summed E-state index contributed by atoms with van der Waals surface area (Å²) < 4.78 is 66.9. The summed E-state index contributed by atoms with van der Waals surface area (Å²) in [7, 11) is 1.76. The lowest BCUT2D eigenvalue weighted by atomic mass is 9.89. The smallest absolute Gasteiger partial charge is 0.371 e. The minimum Gasteiger partial charge on any atom is -0.371 e. The van der Waals surface area contributed by atoms with Crippen molar-refractivity contribution in [3.8, 4) is 0 Å². The van der Waals surface area contributed by atoms with E-state index in [0.29, 0.717) is 42.8 Å². The van der Waals surface area contributed by atoms with E-state index in [0.717, 1.165) is 18.2 Å². The molecule has 1 aromatic heterocycles. The van der Waals surface area contributed by atoms with Gasteiger partial charge in [-0.05, 0) is 49.9 Å². The van der Waals surface area contributed by atoms with Gasteiger partial charge in [-0.1, -0.05) is 18.2 Å². The highest BCUT2D eigenvalue weighted by atomic mass is 19.4. The summed E-state index contributed by atoms with van der Waals surface area (Å²) in [5.74, 6) is -2.21. The second-order valence-electron chi connectivity index (χ2n) is 8.29. The Kier molecular flexibility index (Phi) is 6.23. The number of carbonyl (C=O) groups is 1. The van der Waals surface area contributed by atoms with E-state index in [4.69, 9.17) is 0 Å². The second-order valence-corrected chi connectivity index (χ2v) is 8.29. The highest BCUT2D eigenvalue weighted by Crippen LogP contribution is 2.36. The molecule has 0 atom stereocenters. The first-order chi connectivity index (χ1) is 15.6. The number of nitrogens with zero attached hydrogens (tertiary/aromatic N) is 2. The third kappa shape index (κ3) is 5.07. The number of anilines is 1. The molecule has 0 bridgehead atoms. The van der Waals surface area contributed by atoms with Gasteiger partial charge in [0.05, 0.1) is 5.52 Å². The molecule has 4 nitrogen and oxygen atoms in total. The first kappa shape index (κ1) is 22.9. The van der Waals surface area contributed by atoms with Gasteiger partial charge in [0.25, 0.3) is 5.91 Å². The van der Waals surface area contributed by atoms with Crippen molar-refractivity contribution >= 4 is 22.5 Å². The van der Waals surface area contributed by atoms with E-state index < -0.39 is 29.4 Å². The Morgan fingerprint density at radius 3 is 2.27 bits per heavy atom. The molecule has 0 spiro atoms. The number of amides is 1. The highest BCUT2D eigenvalue weighted by molar-refractivity contribution is 5.94. The molecule has 0 unspecified atom stereocenters. The average molecular weight is 463 g/mol. The van der Waals surface area contributed by atoms with E-state index in [2.05, 4.69) is 10.3 Å². The van der Waals surface area contributed by atoms with Crippen LogP contribution in [0.2, 0.25) is 0 Å². The lowest BCUT2D eigenvalue weighted by Crippen LogP contribution is -2.43. The minimum atomic E-state index is -4.56. The minimum absolute atomic E-state index is 0.0309. The van der Waals surface area contributed by atoms with Crippen LogP contribution < -0.4 is 10.2 Å². The van der Waals surface area contributed by atoms with E-state index >= 15 is 0 Å². The molecule has 9 heteroatoms. The van der Waals surface area contributed by atoms with Gasteiger partial charge >= 0.3 is 6.18 Å². The van der Waals surface area contributed by atoms with Gasteiger partial charge in [-0.3, -0.25) is 4.79 Å². The summed E-state index contributed by atoms with van der Waals surface area (Å²) >= 11 is 0. The number of benzene rings is 2. The number of halogens is 5. The third-order valence-corrected chi connectivity index (χ3v) is 6.07. The monoisotopic (exact) mass is 463 g/mol. The maximum Gasteiger partial charge on any atom is 0.433 e. The predicted octanol–water partition coefficient (Wildman–Crippen LogP) is 5.71. The Morgan fingerprint density at radius 1 is 1.00 bits per heavy atom. The molecule has 1 amide bonds. The molecular formula is C24H22F5N3O. The fraction of sp³-hybridized carbons (Fsp3) is 0.333. The Balaban J connectivity index is 1.47. The predicted molar refractivity (Wildman–Crippen MR) is 115 cm³/mol. The van der Waals surface area contributed by atoms with E-state index in [1.807, 2.05) is 4.90 Å². The standard InChI is InChI=1S/C24H22F5N3O/c1-32(21-13-22(24(27,28)29)31-20-5-3-2-4-19(20)21)18-8-6-17(7-9-18)30-23(33)14-10-15(25)12-16(26)11-14/h2-5,10-13,17-18H,6-9H2,1H3,(H,30,33). The molecule has 0 radical (unpaired) electrons. The number of alkyl halides is 3. The van der Waals surface area contributed by atoms with Crippen molar-refractivity contribution in [2.75, 3.05) is 11.9 Å². The van der Waals surface area contributed by atoms with E-state index in [-0.39, 0.29) is 23.2 Å². The van der Waals surface area contributed by atoms with E-state index in [1.54, 1.807) is 31.3 Å².